The predicted molar refractivity (Wildman–Crippen MR) is 27.1 cm³/mol. The van der Waals surface area contributed by atoms with E-state index in [2.05, 4.69) is 4.74 Å². The fourth-order valence-corrected chi connectivity index (χ4v) is 0.497. The van der Waals surface area contributed by atoms with Crippen LogP contribution in [0.4, 0.5) is 0 Å². The van der Waals surface area contributed by atoms with E-state index in [9.17, 15) is 8.42 Å². The predicted octanol–water partition coefficient (Wildman–Crippen LogP) is -0.756. The number of rotatable bonds is 3. The molecular weight excluding hydrogens is 116 g/mol. The monoisotopic (exact) mass is 124 g/mol. The Hall–Kier alpha value is -0.0900. The lowest BCUT2D eigenvalue weighted by Crippen LogP contribution is -1.96. The molecule has 44 valence electrons. The average molecular weight is 124 g/mol. The number of hydrogen-bond donors (Lipinski definition) is 1. The molecule has 0 aliphatic rings. The van der Waals surface area contributed by atoms with Crippen molar-refractivity contribution in [3.8, 4) is 0 Å². The molecule has 0 aromatic carbocycles. The molecule has 0 unspecified atom stereocenters. The Bertz CT molecular complexity index is 88.4. The van der Waals surface area contributed by atoms with E-state index < -0.39 is 10.7 Å². The van der Waals surface area contributed by atoms with Gasteiger partial charge in [0.05, 0.1) is 12.4 Å². The summed E-state index contributed by atoms with van der Waals surface area (Å²) in [6, 6.07) is 0. The summed E-state index contributed by atoms with van der Waals surface area (Å²) in [5.74, 6) is 0.131. The highest BCUT2D eigenvalue weighted by atomic mass is 32.2. The van der Waals surface area contributed by atoms with E-state index in [0.717, 1.165) is 0 Å². The summed E-state index contributed by atoms with van der Waals surface area (Å²) in [6.45, 7) is 0.304. The number of hydrogen-bond acceptors (Lipinski definition) is 3. The fraction of sp³-hybridized carbons (Fsp3) is 1.00. The zero-order valence-corrected chi connectivity index (χ0v) is 4.98. The van der Waals surface area contributed by atoms with Gasteiger partial charge in [0.25, 0.3) is 0 Å². The Labute approximate surface area is 44.2 Å². The van der Waals surface area contributed by atoms with E-state index in [1.54, 1.807) is 0 Å². The van der Waals surface area contributed by atoms with Gasteiger partial charge in [0.1, 0.15) is 10.7 Å². The smallest absolute Gasteiger partial charge is 0.142 e. The molecule has 0 radical (unpaired) electrons. The largest absolute Gasteiger partial charge is 0.384 e. The van der Waals surface area contributed by atoms with Gasteiger partial charge in [-0.15, -0.1) is 0 Å². The lowest BCUT2D eigenvalue weighted by atomic mass is 10.9. The summed E-state index contributed by atoms with van der Waals surface area (Å²) < 4.78 is 23.9. The van der Waals surface area contributed by atoms with Crippen LogP contribution >= 0.6 is 0 Å². The lowest BCUT2D eigenvalue weighted by Gasteiger charge is -1.85. The third-order valence-corrected chi connectivity index (χ3v) is 1.03. The molecule has 0 N–H and O–H groups in total. The SMILES string of the molecule is COCC[SH](=O)=O. The maximum absolute atomic E-state index is 9.72. The minimum absolute atomic E-state index is 0.131. The van der Waals surface area contributed by atoms with Gasteiger partial charge in [0.2, 0.25) is 0 Å². The Balaban J connectivity index is 2.98. The standard InChI is InChI=1S/C3H8O3S/c1-6-2-3-7(4)5/h7H,2-3H2,1H3. The molecule has 0 saturated heterocycles. The van der Waals surface area contributed by atoms with Gasteiger partial charge >= 0.3 is 0 Å². The van der Waals surface area contributed by atoms with Crippen LogP contribution < -0.4 is 0 Å². The van der Waals surface area contributed by atoms with E-state index in [-0.39, 0.29) is 5.75 Å². The first-order chi connectivity index (χ1) is 3.27. The molecule has 3 nitrogen and oxygen atoms in total. The van der Waals surface area contributed by atoms with Crippen molar-refractivity contribution in [1.29, 1.82) is 0 Å². The molecule has 0 saturated carbocycles. The van der Waals surface area contributed by atoms with E-state index in [4.69, 9.17) is 0 Å². The van der Waals surface area contributed by atoms with Crippen molar-refractivity contribution in [3.05, 3.63) is 0 Å². The Morgan fingerprint density at radius 2 is 2.14 bits per heavy atom. The van der Waals surface area contributed by atoms with Crippen LogP contribution in [0, 0.1) is 0 Å². The van der Waals surface area contributed by atoms with Gasteiger partial charge in [-0.1, -0.05) is 0 Å². The van der Waals surface area contributed by atoms with Gasteiger partial charge in [-0.3, -0.25) is 0 Å². The second-order valence-electron chi connectivity index (χ2n) is 1.05. The first-order valence-electron chi connectivity index (χ1n) is 1.88. The van der Waals surface area contributed by atoms with Gasteiger partial charge in [-0.05, 0) is 0 Å². The molecule has 7 heavy (non-hydrogen) atoms. The van der Waals surface area contributed by atoms with Crippen molar-refractivity contribution in [2.24, 2.45) is 0 Å². The molecule has 0 rings (SSSR count). The van der Waals surface area contributed by atoms with Gasteiger partial charge in [0, 0.05) is 7.11 Å². The summed E-state index contributed by atoms with van der Waals surface area (Å²) in [7, 11) is -0.760. The van der Waals surface area contributed by atoms with Crippen LogP contribution in [0.15, 0.2) is 0 Å². The summed E-state index contributed by atoms with van der Waals surface area (Å²) in [4.78, 5) is 0. The van der Waals surface area contributed by atoms with E-state index in [0.29, 0.717) is 6.61 Å². The van der Waals surface area contributed by atoms with Crippen molar-refractivity contribution in [2.75, 3.05) is 19.5 Å². The first kappa shape index (κ1) is 6.91. The molecule has 0 fully saturated rings. The summed E-state index contributed by atoms with van der Waals surface area (Å²) in [5.41, 5.74) is 0. The average Bonchev–Trinajstić information content (AvgIpc) is 1.61. The molecule has 0 aromatic rings. The van der Waals surface area contributed by atoms with Crippen LogP contribution in [0.25, 0.3) is 0 Å². The van der Waals surface area contributed by atoms with Gasteiger partial charge < -0.3 is 4.74 Å². The molecule has 4 heteroatoms. The zero-order valence-electron chi connectivity index (χ0n) is 4.09. The van der Waals surface area contributed by atoms with Crippen LogP contribution in [0.5, 0.6) is 0 Å². The Kier molecular flexibility index (Phi) is 4.03. The Morgan fingerprint density at radius 3 is 2.29 bits per heavy atom. The van der Waals surface area contributed by atoms with Crippen LogP contribution in [-0.2, 0) is 15.4 Å². The summed E-state index contributed by atoms with van der Waals surface area (Å²) >= 11 is 0. The highest BCUT2D eigenvalue weighted by molar-refractivity contribution is 7.72. The maximum Gasteiger partial charge on any atom is 0.142 e. The molecule has 0 aliphatic carbocycles. The topological polar surface area (TPSA) is 43.4 Å². The van der Waals surface area contributed by atoms with Crippen molar-refractivity contribution in [3.63, 3.8) is 0 Å². The summed E-state index contributed by atoms with van der Waals surface area (Å²) in [6.07, 6.45) is 0. The van der Waals surface area contributed by atoms with Crippen molar-refractivity contribution >= 4 is 10.7 Å². The number of methoxy groups -OCH3 is 1. The number of thiol groups is 1. The highest BCUT2D eigenvalue weighted by Crippen LogP contribution is 1.66. The van der Waals surface area contributed by atoms with Crippen molar-refractivity contribution in [1.82, 2.24) is 0 Å². The second-order valence-corrected chi connectivity index (χ2v) is 2.16. The molecule has 0 bridgehead atoms. The van der Waals surface area contributed by atoms with Crippen LogP contribution in [0.3, 0.4) is 0 Å². The molecule has 0 spiro atoms. The second kappa shape index (κ2) is 4.08. The molecular formula is C3H8O3S. The molecule has 0 aromatic heterocycles. The highest BCUT2D eigenvalue weighted by Gasteiger charge is 1.81. The van der Waals surface area contributed by atoms with E-state index in [1.807, 2.05) is 0 Å². The molecule has 0 heterocycles. The lowest BCUT2D eigenvalue weighted by molar-refractivity contribution is 0.217. The maximum atomic E-state index is 9.72. The van der Waals surface area contributed by atoms with Gasteiger partial charge in [-0.2, -0.15) is 0 Å². The first-order valence-corrected chi connectivity index (χ1v) is 3.24. The normalized spacial score (nSPS) is 10.0. The van der Waals surface area contributed by atoms with Crippen LogP contribution in [-0.4, -0.2) is 27.9 Å². The fourth-order valence-electron chi connectivity index (χ4n) is 0.166. The van der Waals surface area contributed by atoms with Gasteiger partial charge in [0.15, 0.2) is 0 Å². The quantitative estimate of drug-likeness (QED) is 0.503. The molecule has 0 aliphatic heterocycles. The zero-order chi connectivity index (χ0) is 5.70. The molecule has 0 atom stereocenters. The van der Waals surface area contributed by atoms with E-state index in [1.165, 1.54) is 7.11 Å². The number of ether oxygens (including phenoxy) is 1. The third kappa shape index (κ3) is 5.91. The summed E-state index contributed by atoms with van der Waals surface area (Å²) in [5, 5.41) is 0. The van der Waals surface area contributed by atoms with Gasteiger partial charge in [-0.25, -0.2) is 8.42 Å². The third-order valence-electron chi connectivity index (χ3n) is 0.478. The Morgan fingerprint density at radius 1 is 1.57 bits per heavy atom. The van der Waals surface area contributed by atoms with Crippen LogP contribution in [0.2, 0.25) is 0 Å². The minimum atomic E-state index is -2.23. The molecule has 0 amide bonds. The van der Waals surface area contributed by atoms with E-state index >= 15 is 0 Å². The minimum Gasteiger partial charge on any atom is -0.384 e. The van der Waals surface area contributed by atoms with Crippen LogP contribution in [0.1, 0.15) is 0 Å². The van der Waals surface area contributed by atoms with Crippen molar-refractivity contribution < 1.29 is 13.2 Å². The van der Waals surface area contributed by atoms with Crippen molar-refractivity contribution in [2.45, 2.75) is 0 Å².